The lowest BCUT2D eigenvalue weighted by Crippen LogP contribution is -2.38. The maximum atomic E-state index is 12.3. The number of nitrogens with zero attached hydrogens (tertiary/aromatic N) is 1. The minimum atomic E-state index is -0.110. The van der Waals surface area contributed by atoms with Crippen molar-refractivity contribution in [1.82, 2.24) is 5.32 Å². The maximum Gasteiger partial charge on any atom is 0.265 e. The van der Waals surface area contributed by atoms with Crippen LogP contribution in [0.5, 0.6) is 5.75 Å². The van der Waals surface area contributed by atoms with Crippen LogP contribution in [0.1, 0.15) is 27.9 Å². The van der Waals surface area contributed by atoms with Gasteiger partial charge in [0, 0.05) is 25.8 Å². The molecule has 0 aliphatic carbocycles. The zero-order valence-corrected chi connectivity index (χ0v) is 15.7. The van der Waals surface area contributed by atoms with Crippen molar-refractivity contribution < 1.29 is 19.1 Å². The molecule has 0 atom stereocenters. The van der Waals surface area contributed by atoms with Crippen molar-refractivity contribution >= 4 is 17.5 Å². The zero-order chi connectivity index (χ0) is 19.2. The highest BCUT2D eigenvalue weighted by atomic mass is 16.5. The molecule has 27 heavy (non-hydrogen) atoms. The third-order valence-electron chi connectivity index (χ3n) is 4.43. The molecule has 0 spiro atoms. The summed E-state index contributed by atoms with van der Waals surface area (Å²) in [5.41, 5.74) is 3.41. The molecule has 0 fully saturated rings. The van der Waals surface area contributed by atoms with E-state index in [1.54, 1.807) is 24.1 Å². The van der Waals surface area contributed by atoms with E-state index in [0.29, 0.717) is 25.3 Å². The van der Waals surface area contributed by atoms with Gasteiger partial charge in [0.25, 0.3) is 11.8 Å². The Hall–Kier alpha value is -2.86. The Labute approximate surface area is 159 Å². The van der Waals surface area contributed by atoms with Gasteiger partial charge in [0.2, 0.25) is 0 Å². The fraction of sp³-hybridized carbons (Fsp3) is 0.333. The first-order valence-electron chi connectivity index (χ1n) is 8.98. The first-order valence-corrected chi connectivity index (χ1v) is 8.98. The van der Waals surface area contributed by atoms with Gasteiger partial charge in [-0.15, -0.1) is 0 Å². The lowest BCUT2D eigenvalue weighted by molar-refractivity contribution is -0.121. The summed E-state index contributed by atoms with van der Waals surface area (Å²) in [7, 11) is 1.64. The zero-order valence-electron chi connectivity index (χ0n) is 15.7. The number of hydrogen-bond donors (Lipinski definition) is 1. The summed E-state index contributed by atoms with van der Waals surface area (Å²) >= 11 is 0. The van der Waals surface area contributed by atoms with Gasteiger partial charge in [-0.05, 0) is 48.7 Å². The van der Waals surface area contributed by atoms with E-state index in [2.05, 4.69) is 5.32 Å². The molecule has 2 aromatic rings. The molecule has 1 aliphatic heterocycles. The molecule has 6 nitrogen and oxygen atoms in total. The number of rotatable bonds is 7. The molecule has 2 aromatic carbocycles. The monoisotopic (exact) mass is 368 g/mol. The fourth-order valence-corrected chi connectivity index (χ4v) is 2.95. The van der Waals surface area contributed by atoms with E-state index >= 15 is 0 Å². The highest BCUT2D eigenvalue weighted by Crippen LogP contribution is 2.33. The second-order valence-electron chi connectivity index (χ2n) is 6.54. The van der Waals surface area contributed by atoms with Gasteiger partial charge in [-0.3, -0.25) is 9.59 Å². The average molecular weight is 368 g/mol. The van der Waals surface area contributed by atoms with Gasteiger partial charge >= 0.3 is 0 Å². The van der Waals surface area contributed by atoms with Crippen LogP contribution in [0.4, 0.5) is 5.69 Å². The van der Waals surface area contributed by atoms with Crippen molar-refractivity contribution in [1.29, 1.82) is 0 Å². The van der Waals surface area contributed by atoms with Gasteiger partial charge in [0.05, 0.1) is 12.2 Å². The van der Waals surface area contributed by atoms with Gasteiger partial charge in [-0.25, -0.2) is 0 Å². The molecule has 0 aromatic heterocycles. The molecule has 0 bridgehead atoms. The van der Waals surface area contributed by atoms with Crippen LogP contribution in [0.3, 0.4) is 0 Å². The lowest BCUT2D eigenvalue weighted by Gasteiger charge is -2.29. The Morgan fingerprint density at radius 2 is 2.00 bits per heavy atom. The second-order valence-corrected chi connectivity index (χ2v) is 6.54. The average Bonchev–Trinajstić information content (AvgIpc) is 2.68. The van der Waals surface area contributed by atoms with Crippen LogP contribution in [-0.2, 0) is 16.1 Å². The van der Waals surface area contributed by atoms with Crippen molar-refractivity contribution in [3.8, 4) is 5.75 Å². The van der Waals surface area contributed by atoms with Crippen LogP contribution in [-0.4, -0.2) is 38.7 Å². The number of carbonyl (C=O) groups is 2. The predicted octanol–water partition coefficient (Wildman–Crippen LogP) is 2.69. The molecule has 0 unspecified atom stereocenters. The number of anilines is 1. The molecular weight excluding hydrogens is 344 g/mol. The van der Waals surface area contributed by atoms with Crippen LogP contribution in [0.25, 0.3) is 0 Å². The van der Waals surface area contributed by atoms with E-state index in [4.69, 9.17) is 9.47 Å². The Kier molecular flexibility index (Phi) is 6.08. The standard InChI is InChI=1S/C21H24N2O4/c1-15-4-9-18-19(12-15)27-14-20(24)23(18)13-16-5-7-17(8-6-16)21(25)22-10-3-11-26-2/h4-9,12H,3,10-11,13-14H2,1-2H3,(H,22,25). The first kappa shape index (κ1) is 18.9. The number of fused-ring (bicyclic) bond motifs is 1. The summed E-state index contributed by atoms with van der Waals surface area (Å²) in [6.07, 6.45) is 0.776. The van der Waals surface area contributed by atoms with E-state index in [0.717, 1.165) is 29.0 Å². The van der Waals surface area contributed by atoms with Crippen LogP contribution in [0, 0.1) is 6.92 Å². The number of methoxy groups -OCH3 is 1. The largest absolute Gasteiger partial charge is 0.482 e. The smallest absolute Gasteiger partial charge is 0.265 e. The van der Waals surface area contributed by atoms with Crippen LogP contribution in [0.15, 0.2) is 42.5 Å². The Morgan fingerprint density at radius 1 is 1.22 bits per heavy atom. The van der Waals surface area contributed by atoms with Crippen molar-refractivity contribution in [2.45, 2.75) is 19.9 Å². The molecule has 0 saturated heterocycles. The maximum absolute atomic E-state index is 12.3. The topological polar surface area (TPSA) is 67.9 Å². The van der Waals surface area contributed by atoms with E-state index in [9.17, 15) is 9.59 Å². The van der Waals surface area contributed by atoms with Gasteiger partial charge in [0.15, 0.2) is 6.61 Å². The number of hydrogen-bond acceptors (Lipinski definition) is 4. The van der Waals surface area contributed by atoms with Crippen molar-refractivity contribution in [2.24, 2.45) is 0 Å². The second kappa shape index (κ2) is 8.68. The highest BCUT2D eigenvalue weighted by molar-refractivity contribution is 5.98. The molecule has 1 heterocycles. The molecule has 0 saturated carbocycles. The molecule has 2 amide bonds. The van der Waals surface area contributed by atoms with E-state index in [-0.39, 0.29) is 18.4 Å². The van der Waals surface area contributed by atoms with Crippen molar-refractivity contribution in [3.05, 3.63) is 59.2 Å². The fourth-order valence-electron chi connectivity index (χ4n) is 2.95. The SMILES string of the molecule is COCCCNC(=O)c1ccc(CN2C(=O)COc3cc(C)ccc32)cc1. The summed E-state index contributed by atoms with van der Waals surface area (Å²) in [5.74, 6) is 0.536. The normalized spacial score (nSPS) is 13.1. The quantitative estimate of drug-likeness (QED) is 0.763. The summed E-state index contributed by atoms with van der Waals surface area (Å²) in [5, 5.41) is 2.86. The van der Waals surface area contributed by atoms with Gasteiger partial charge in [-0.1, -0.05) is 18.2 Å². The number of amides is 2. The molecular formula is C21H24N2O4. The Balaban J connectivity index is 1.66. The van der Waals surface area contributed by atoms with Crippen molar-refractivity contribution in [2.75, 3.05) is 31.8 Å². The van der Waals surface area contributed by atoms with E-state index < -0.39 is 0 Å². The minimum absolute atomic E-state index is 0.0401. The number of ether oxygens (including phenoxy) is 2. The van der Waals surface area contributed by atoms with E-state index in [1.165, 1.54) is 0 Å². The highest BCUT2D eigenvalue weighted by Gasteiger charge is 2.25. The third-order valence-corrected chi connectivity index (χ3v) is 4.43. The molecule has 142 valence electrons. The van der Waals surface area contributed by atoms with Crippen LogP contribution in [0.2, 0.25) is 0 Å². The summed E-state index contributed by atoms with van der Waals surface area (Å²) < 4.78 is 10.5. The lowest BCUT2D eigenvalue weighted by atomic mass is 10.1. The van der Waals surface area contributed by atoms with Crippen LogP contribution < -0.4 is 15.0 Å². The van der Waals surface area contributed by atoms with Gasteiger partial charge < -0.3 is 19.7 Å². The summed E-state index contributed by atoms with van der Waals surface area (Å²) in [6.45, 7) is 3.66. The third kappa shape index (κ3) is 4.65. The minimum Gasteiger partial charge on any atom is -0.482 e. The predicted molar refractivity (Wildman–Crippen MR) is 103 cm³/mol. The van der Waals surface area contributed by atoms with Gasteiger partial charge in [0.1, 0.15) is 5.75 Å². The molecule has 0 radical (unpaired) electrons. The number of carbonyl (C=O) groups excluding carboxylic acids is 2. The molecule has 3 rings (SSSR count). The van der Waals surface area contributed by atoms with E-state index in [1.807, 2.05) is 37.3 Å². The Bertz CT molecular complexity index is 817. The van der Waals surface area contributed by atoms with Crippen molar-refractivity contribution in [3.63, 3.8) is 0 Å². The first-order chi connectivity index (χ1) is 13.1. The summed E-state index contributed by atoms with van der Waals surface area (Å²) in [6, 6.07) is 13.1. The van der Waals surface area contributed by atoms with Gasteiger partial charge in [-0.2, -0.15) is 0 Å². The number of benzene rings is 2. The summed E-state index contributed by atoms with van der Waals surface area (Å²) in [4.78, 5) is 26.2. The molecule has 1 N–H and O–H groups in total. The molecule has 1 aliphatic rings. The Morgan fingerprint density at radius 3 is 2.74 bits per heavy atom. The number of nitrogens with one attached hydrogen (secondary N) is 1. The molecule has 6 heteroatoms. The van der Waals surface area contributed by atoms with Crippen LogP contribution >= 0.6 is 0 Å². The number of aryl methyl sites for hydroxylation is 1.